The molecule has 2 fully saturated rings. The van der Waals surface area contributed by atoms with E-state index in [-0.39, 0.29) is 17.2 Å². The lowest BCUT2D eigenvalue weighted by Crippen LogP contribution is -2.49. The van der Waals surface area contributed by atoms with Crippen LogP contribution < -0.4 is 16.0 Å². The van der Waals surface area contributed by atoms with Crippen molar-refractivity contribution in [3.63, 3.8) is 0 Å². The van der Waals surface area contributed by atoms with Crippen molar-refractivity contribution in [1.82, 2.24) is 16.0 Å². The second-order valence-corrected chi connectivity index (χ2v) is 7.11. The molecule has 2 amide bonds. The highest BCUT2D eigenvalue weighted by molar-refractivity contribution is 5.94. The number of carbonyl (C=O) groups is 2. The third-order valence-corrected chi connectivity index (χ3v) is 5.47. The summed E-state index contributed by atoms with van der Waals surface area (Å²) < 4.78 is 0. The summed E-state index contributed by atoms with van der Waals surface area (Å²) in [6, 6.07) is 7.51. The molecule has 130 valence electrons. The zero-order valence-corrected chi connectivity index (χ0v) is 14.4. The minimum absolute atomic E-state index is 0.0933. The van der Waals surface area contributed by atoms with Crippen LogP contribution in [0.25, 0.3) is 0 Å². The Balaban J connectivity index is 1.46. The van der Waals surface area contributed by atoms with Crippen molar-refractivity contribution in [3.05, 3.63) is 35.4 Å². The lowest BCUT2D eigenvalue weighted by atomic mass is 9.67. The third-order valence-electron chi connectivity index (χ3n) is 5.47. The Morgan fingerprint density at radius 2 is 2.08 bits per heavy atom. The molecular weight excluding hydrogens is 302 g/mol. The van der Waals surface area contributed by atoms with Crippen LogP contribution in [0.4, 0.5) is 0 Å². The lowest BCUT2D eigenvalue weighted by Gasteiger charge is -2.37. The molecule has 3 rings (SSSR count). The highest BCUT2D eigenvalue weighted by Crippen LogP contribution is 2.43. The predicted octanol–water partition coefficient (Wildman–Crippen LogP) is 1.62. The van der Waals surface area contributed by atoms with Crippen molar-refractivity contribution >= 4 is 11.8 Å². The first kappa shape index (κ1) is 17.0. The lowest BCUT2D eigenvalue weighted by molar-refractivity contribution is -0.133. The SMILES string of the molecule is Cc1cccc(C(=O)NCCNC(=O)[C@@]23CCCC[C@H]2CNC3)c1. The van der Waals surface area contributed by atoms with E-state index in [1.807, 2.05) is 25.1 Å². The topological polar surface area (TPSA) is 70.2 Å². The number of fused-ring (bicyclic) bond motifs is 1. The highest BCUT2D eigenvalue weighted by Gasteiger charge is 2.49. The number of carbonyl (C=O) groups excluding carboxylic acids is 2. The molecule has 0 radical (unpaired) electrons. The minimum atomic E-state index is -0.223. The summed E-state index contributed by atoms with van der Waals surface area (Å²) in [5.74, 6) is 0.527. The first-order valence-corrected chi connectivity index (χ1v) is 8.96. The summed E-state index contributed by atoms with van der Waals surface area (Å²) in [5.41, 5.74) is 1.50. The van der Waals surface area contributed by atoms with E-state index in [9.17, 15) is 9.59 Å². The Kier molecular flexibility index (Phi) is 5.19. The fourth-order valence-corrected chi connectivity index (χ4v) is 4.11. The maximum atomic E-state index is 12.7. The summed E-state index contributed by atoms with van der Waals surface area (Å²) >= 11 is 0. The fourth-order valence-electron chi connectivity index (χ4n) is 4.11. The van der Waals surface area contributed by atoms with E-state index in [1.54, 1.807) is 6.07 Å². The number of amides is 2. The van der Waals surface area contributed by atoms with E-state index in [0.717, 1.165) is 37.9 Å². The van der Waals surface area contributed by atoms with Crippen LogP contribution in [0.5, 0.6) is 0 Å². The number of hydrogen-bond donors (Lipinski definition) is 3. The van der Waals surface area contributed by atoms with Gasteiger partial charge in [0.1, 0.15) is 0 Å². The molecule has 1 aliphatic heterocycles. The molecule has 1 aliphatic carbocycles. The predicted molar refractivity (Wildman–Crippen MR) is 93.8 cm³/mol. The van der Waals surface area contributed by atoms with E-state index in [2.05, 4.69) is 16.0 Å². The Bertz CT molecular complexity index is 616. The van der Waals surface area contributed by atoms with Gasteiger partial charge in [-0.1, -0.05) is 30.5 Å². The quantitative estimate of drug-likeness (QED) is 0.719. The standard InChI is InChI=1S/C19H27N3O2/c1-14-5-4-6-15(11-14)17(23)21-9-10-22-18(24)19-8-3-2-7-16(19)12-20-13-19/h4-6,11,16,20H,2-3,7-10,12-13H2,1H3,(H,21,23)(H,22,24)/t16-,19+/m0/s1. The van der Waals surface area contributed by atoms with Gasteiger partial charge in [0.2, 0.25) is 5.91 Å². The van der Waals surface area contributed by atoms with Gasteiger partial charge in [-0.05, 0) is 44.4 Å². The summed E-state index contributed by atoms with van der Waals surface area (Å²) in [7, 11) is 0. The van der Waals surface area contributed by atoms with Crippen molar-refractivity contribution in [3.8, 4) is 0 Å². The van der Waals surface area contributed by atoms with Crippen LogP contribution in [0.2, 0.25) is 0 Å². The molecule has 0 spiro atoms. The zero-order chi connectivity index (χ0) is 17.0. The Hall–Kier alpha value is -1.88. The first-order valence-electron chi connectivity index (χ1n) is 8.96. The van der Waals surface area contributed by atoms with Gasteiger partial charge in [0.25, 0.3) is 5.91 Å². The molecule has 2 atom stereocenters. The number of benzene rings is 1. The van der Waals surface area contributed by atoms with Gasteiger partial charge in [-0.3, -0.25) is 9.59 Å². The van der Waals surface area contributed by atoms with Crippen LogP contribution >= 0.6 is 0 Å². The summed E-state index contributed by atoms with van der Waals surface area (Å²) in [6.45, 7) is 4.64. The van der Waals surface area contributed by atoms with Gasteiger partial charge < -0.3 is 16.0 Å². The molecule has 1 saturated carbocycles. The maximum absolute atomic E-state index is 12.7. The fraction of sp³-hybridized carbons (Fsp3) is 0.579. The summed E-state index contributed by atoms with van der Waals surface area (Å²) in [6.07, 6.45) is 4.49. The van der Waals surface area contributed by atoms with Gasteiger partial charge >= 0.3 is 0 Å². The van der Waals surface area contributed by atoms with Crippen LogP contribution in [-0.4, -0.2) is 38.0 Å². The molecule has 0 bridgehead atoms. The van der Waals surface area contributed by atoms with Crippen molar-refractivity contribution in [2.75, 3.05) is 26.2 Å². The average molecular weight is 329 g/mol. The van der Waals surface area contributed by atoms with Gasteiger partial charge in [-0.15, -0.1) is 0 Å². The monoisotopic (exact) mass is 329 g/mol. The zero-order valence-electron chi connectivity index (χ0n) is 14.4. The molecule has 1 aromatic rings. The van der Waals surface area contributed by atoms with Gasteiger partial charge in [-0.2, -0.15) is 0 Å². The van der Waals surface area contributed by atoms with E-state index in [0.29, 0.717) is 24.6 Å². The van der Waals surface area contributed by atoms with E-state index < -0.39 is 0 Å². The molecule has 5 heteroatoms. The molecule has 0 unspecified atom stereocenters. The number of rotatable bonds is 5. The van der Waals surface area contributed by atoms with Crippen molar-refractivity contribution in [2.24, 2.45) is 11.3 Å². The number of aryl methyl sites for hydroxylation is 1. The molecule has 3 N–H and O–H groups in total. The molecule has 1 saturated heterocycles. The van der Waals surface area contributed by atoms with E-state index in [1.165, 1.54) is 6.42 Å². The Morgan fingerprint density at radius 1 is 1.25 bits per heavy atom. The van der Waals surface area contributed by atoms with Gasteiger partial charge in [0, 0.05) is 25.2 Å². The maximum Gasteiger partial charge on any atom is 0.251 e. The van der Waals surface area contributed by atoms with Crippen LogP contribution in [0, 0.1) is 18.3 Å². The summed E-state index contributed by atoms with van der Waals surface area (Å²) in [5, 5.41) is 9.30. The molecule has 24 heavy (non-hydrogen) atoms. The van der Waals surface area contributed by atoms with E-state index in [4.69, 9.17) is 0 Å². The Labute approximate surface area is 143 Å². The minimum Gasteiger partial charge on any atom is -0.354 e. The van der Waals surface area contributed by atoms with Crippen molar-refractivity contribution < 1.29 is 9.59 Å². The van der Waals surface area contributed by atoms with Gasteiger partial charge in [0.15, 0.2) is 0 Å². The van der Waals surface area contributed by atoms with Crippen LogP contribution in [0.3, 0.4) is 0 Å². The normalized spacial score (nSPS) is 25.8. The largest absolute Gasteiger partial charge is 0.354 e. The molecular formula is C19H27N3O2. The third kappa shape index (κ3) is 3.46. The summed E-state index contributed by atoms with van der Waals surface area (Å²) in [4.78, 5) is 24.8. The van der Waals surface area contributed by atoms with Crippen LogP contribution in [0.15, 0.2) is 24.3 Å². The number of nitrogens with one attached hydrogen (secondary N) is 3. The van der Waals surface area contributed by atoms with Crippen LogP contribution in [0.1, 0.15) is 41.6 Å². The molecule has 1 heterocycles. The second kappa shape index (κ2) is 7.34. The van der Waals surface area contributed by atoms with Crippen molar-refractivity contribution in [1.29, 1.82) is 0 Å². The van der Waals surface area contributed by atoms with E-state index >= 15 is 0 Å². The average Bonchev–Trinajstić information content (AvgIpc) is 3.03. The smallest absolute Gasteiger partial charge is 0.251 e. The van der Waals surface area contributed by atoms with Crippen molar-refractivity contribution in [2.45, 2.75) is 32.6 Å². The first-order chi connectivity index (χ1) is 11.6. The van der Waals surface area contributed by atoms with Gasteiger partial charge in [-0.25, -0.2) is 0 Å². The molecule has 0 aromatic heterocycles. The van der Waals surface area contributed by atoms with Crippen LogP contribution in [-0.2, 0) is 4.79 Å². The second-order valence-electron chi connectivity index (χ2n) is 7.11. The highest BCUT2D eigenvalue weighted by atomic mass is 16.2. The molecule has 2 aliphatic rings. The molecule has 5 nitrogen and oxygen atoms in total. The molecule has 1 aromatic carbocycles. The Morgan fingerprint density at radius 3 is 2.92 bits per heavy atom. The van der Waals surface area contributed by atoms with Gasteiger partial charge in [0.05, 0.1) is 5.41 Å². The number of hydrogen-bond acceptors (Lipinski definition) is 3.